The number of anilines is 1. The normalized spacial score (nSPS) is 18.7. The number of carbonyl (C=O) groups excluding carboxylic acids is 1. The zero-order chi connectivity index (χ0) is 25.8. The van der Waals surface area contributed by atoms with Gasteiger partial charge in [-0.25, -0.2) is 4.79 Å². The van der Waals surface area contributed by atoms with Gasteiger partial charge in [-0.1, -0.05) is 52.3 Å². The van der Waals surface area contributed by atoms with Crippen molar-refractivity contribution in [2.75, 3.05) is 5.73 Å². The summed E-state index contributed by atoms with van der Waals surface area (Å²) >= 11 is 2.81. The fourth-order valence-electron chi connectivity index (χ4n) is 4.55. The number of hydrogen-bond acceptors (Lipinski definition) is 7. The number of unbranched alkanes of at least 4 members (excludes halogenated alkanes) is 2. The Morgan fingerprint density at radius 1 is 1.23 bits per heavy atom. The summed E-state index contributed by atoms with van der Waals surface area (Å²) in [5.41, 5.74) is 9.05. The summed E-state index contributed by atoms with van der Waals surface area (Å²) in [4.78, 5) is 15.4. The van der Waals surface area contributed by atoms with Gasteiger partial charge in [-0.2, -0.15) is 0 Å². The molecule has 0 fully saturated rings. The predicted molar refractivity (Wildman–Crippen MR) is 146 cm³/mol. The van der Waals surface area contributed by atoms with Gasteiger partial charge in [0.05, 0.1) is 6.61 Å². The van der Waals surface area contributed by atoms with E-state index in [9.17, 15) is 15.0 Å². The molecule has 0 saturated heterocycles. The molecule has 1 aromatic carbocycles. The van der Waals surface area contributed by atoms with Gasteiger partial charge in [-0.3, -0.25) is 0 Å². The molecule has 0 bridgehead atoms. The predicted octanol–water partition coefficient (Wildman–Crippen LogP) is 7.19. The fraction of sp³-hybridized carbons (Fsp3) is 0.536. The molecule has 7 heteroatoms. The number of carbonyl (C=O) groups is 1. The van der Waals surface area contributed by atoms with Gasteiger partial charge in [-0.05, 0) is 78.3 Å². The Morgan fingerprint density at radius 3 is 2.60 bits per heavy atom. The van der Waals surface area contributed by atoms with Crippen LogP contribution in [-0.4, -0.2) is 21.8 Å². The summed E-state index contributed by atoms with van der Waals surface area (Å²) in [6, 6.07) is 5.98. The molecule has 1 aliphatic rings. The number of ether oxygens (including phenoxy) is 1. The molecule has 0 spiro atoms. The topological polar surface area (TPSA) is 92.8 Å². The van der Waals surface area contributed by atoms with Crippen LogP contribution in [0.3, 0.4) is 0 Å². The van der Waals surface area contributed by atoms with Crippen molar-refractivity contribution >= 4 is 34.8 Å². The standard InChI is InChI=1S/C28H39NO4S2/c1-6-7-8-11-28(12-9-19-10-13-34-24(19)17-30)16-22(31)25(26(32)33-28)35-23-14-18(2)21(29)15-20(23)27(3,4)5/h10,13-15,30-31H,6-9,11-12,16-17,29H2,1-5H3. The van der Waals surface area contributed by atoms with Gasteiger partial charge in [0.1, 0.15) is 16.3 Å². The van der Waals surface area contributed by atoms with Crippen molar-refractivity contribution in [2.24, 2.45) is 0 Å². The number of thioether (sulfide) groups is 1. The number of nitrogens with two attached hydrogens (primary N) is 1. The lowest BCUT2D eigenvalue weighted by molar-refractivity contribution is -0.159. The van der Waals surface area contributed by atoms with Gasteiger partial charge in [0.15, 0.2) is 0 Å². The van der Waals surface area contributed by atoms with E-state index in [0.29, 0.717) is 31.4 Å². The Labute approximate surface area is 217 Å². The molecule has 192 valence electrons. The van der Waals surface area contributed by atoms with Crippen molar-refractivity contribution in [3.63, 3.8) is 0 Å². The zero-order valence-electron chi connectivity index (χ0n) is 21.6. The van der Waals surface area contributed by atoms with Crippen LogP contribution in [0.1, 0.15) is 87.8 Å². The van der Waals surface area contributed by atoms with Crippen LogP contribution in [0.25, 0.3) is 0 Å². The van der Waals surface area contributed by atoms with E-state index in [1.54, 1.807) is 0 Å². The Kier molecular flexibility index (Phi) is 9.00. The summed E-state index contributed by atoms with van der Waals surface area (Å²) in [7, 11) is 0. The molecule has 0 aliphatic carbocycles. The lowest BCUT2D eigenvalue weighted by Gasteiger charge is -2.37. The Hall–Kier alpha value is -1.96. The molecule has 1 unspecified atom stereocenters. The minimum Gasteiger partial charge on any atom is -0.511 e. The van der Waals surface area contributed by atoms with Crippen LogP contribution in [-0.2, 0) is 28.0 Å². The Morgan fingerprint density at radius 2 is 1.97 bits per heavy atom. The molecule has 35 heavy (non-hydrogen) atoms. The van der Waals surface area contributed by atoms with Gasteiger partial charge in [0.2, 0.25) is 0 Å². The molecule has 5 nitrogen and oxygen atoms in total. The molecule has 0 radical (unpaired) electrons. The first-order valence-corrected chi connectivity index (χ1v) is 14.1. The van der Waals surface area contributed by atoms with E-state index in [0.717, 1.165) is 45.7 Å². The second kappa shape index (κ2) is 11.4. The van der Waals surface area contributed by atoms with E-state index < -0.39 is 11.6 Å². The van der Waals surface area contributed by atoms with Crippen LogP contribution in [0.2, 0.25) is 0 Å². The molecule has 2 aromatic rings. The number of aliphatic hydroxyl groups excluding tert-OH is 2. The van der Waals surface area contributed by atoms with Crippen LogP contribution in [0.5, 0.6) is 0 Å². The molecule has 1 atom stereocenters. The second-order valence-electron chi connectivity index (χ2n) is 10.6. The first kappa shape index (κ1) is 27.6. The average molecular weight is 518 g/mol. The third-order valence-electron chi connectivity index (χ3n) is 6.70. The van der Waals surface area contributed by atoms with E-state index in [1.165, 1.54) is 23.1 Å². The summed E-state index contributed by atoms with van der Waals surface area (Å²) in [5.74, 6) is -0.359. The van der Waals surface area contributed by atoms with Crippen LogP contribution in [0, 0.1) is 6.92 Å². The lowest BCUT2D eigenvalue weighted by atomic mass is 9.84. The van der Waals surface area contributed by atoms with Crippen molar-refractivity contribution in [1.82, 2.24) is 0 Å². The highest BCUT2D eigenvalue weighted by molar-refractivity contribution is 8.04. The highest BCUT2D eigenvalue weighted by Crippen LogP contribution is 2.45. The molecule has 0 saturated carbocycles. The van der Waals surface area contributed by atoms with Crippen LogP contribution in [0.15, 0.2) is 39.1 Å². The largest absolute Gasteiger partial charge is 0.511 e. The Balaban J connectivity index is 1.90. The van der Waals surface area contributed by atoms with Crippen molar-refractivity contribution in [1.29, 1.82) is 0 Å². The molecule has 2 heterocycles. The third-order valence-corrected chi connectivity index (χ3v) is 8.81. The van der Waals surface area contributed by atoms with Crippen LogP contribution >= 0.6 is 23.1 Å². The summed E-state index contributed by atoms with van der Waals surface area (Å²) < 4.78 is 6.17. The van der Waals surface area contributed by atoms with Gasteiger partial charge < -0.3 is 20.7 Å². The average Bonchev–Trinajstić information content (AvgIpc) is 3.24. The first-order chi connectivity index (χ1) is 16.5. The third kappa shape index (κ3) is 6.63. The highest BCUT2D eigenvalue weighted by atomic mass is 32.2. The van der Waals surface area contributed by atoms with Crippen molar-refractivity contribution in [2.45, 2.75) is 102 Å². The molecular formula is C28H39NO4S2. The summed E-state index contributed by atoms with van der Waals surface area (Å²) in [6.07, 6.45) is 5.37. The van der Waals surface area contributed by atoms with Gasteiger partial charge in [0, 0.05) is 21.9 Å². The first-order valence-electron chi connectivity index (χ1n) is 12.4. The van der Waals surface area contributed by atoms with Crippen molar-refractivity contribution < 1.29 is 19.7 Å². The van der Waals surface area contributed by atoms with Gasteiger partial charge >= 0.3 is 5.97 Å². The quantitative estimate of drug-likeness (QED) is 0.175. The summed E-state index contributed by atoms with van der Waals surface area (Å²) in [6.45, 7) is 10.4. The molecule has 1 aromatic heterocycles. The monoisotopic (exact) mass is 517 g/mol. The highest BCUT2D eigenvalue weighted by Gasteiger charge is 2.42. The van der Waals surface area contributed by atoms with E-state index in [1.807, 2.05) is 30.5 Å². The van der Waals surface area contributed by atoms with Gasteiger partial charge in [0.25, 0.3) is 0 Å². The summed E-state index contributed by atoms with van der Waals surface area (Å²) in [5, 5.41) is 22.8. The van der Waals surface area contributed by atoms with E-state index in [-0.39, 0.29) is 22.7 Å². The molecule has 3 rings (SSSR count). The van der Waals surface area contributed by atoms with Crippen LogP contribution in [0.4, 0.5) is 5.69 Å². The number of benzene rings is 1. The maximum atomic E-state index is 13.3. The number of nitrogen functional groups attached to an aromatic ring is 1. The molecular weight excluding hydrogens is 478 g/mol. The molecule has 4 N–H and O–H groups in total. The number of hydrogen-bond donors (Lipinski definition) is 3. The number of aliphatic hydroxyl groups is 2. The molecule has 0 amide bonds. The molecule has 1 aliphatic heterocycles. The smallest absolute Gasteiger partial charge is 0.349 e. The number of esters is 1. The maximum absolute atomic E-state index is 13.3. The van der Waals surface area contributed by atoms with Crippen LogP contribution < -0.4 is 5.73 Å². The minimum absolute atomic E-state index is 0.0126. The van der Waals surface area contributed by atoms with Crippen molar-refractivity contribution in [3.8, 4) is 0 Å². The Bertz CT molecular complexity index is 1080. The van der Waals surface area contributed by atoms with E-state index in [4.69, 9.17) is 10.5 Å². The second-order valence-corrected chi connectivity index (χ2v) is 12.6. The minimum atomic E-state index is -0.737. The number of aryl methyl sites for hydroxylation is 2. The maximum Gasteiger partial charge on any atom is 0.349 e. The number of cyclic esters (lactones) is 1. The lowest BCUT2D eigenvalue weighted by Crippen LogP contribution is -2.40. The van der Waals surface area contributed by atoms with E-state index >= 15 is 0 Å². The van der Waals surface area contributed by atoms with Crippen molar-refractivity contribution in [3.05, 3.63) is 55.8 Å². The zero-order valence-corrected chi connectivity index (χ0v) is 23.2. The number of thiophene rings is 1. The van der Waals surface area contributed by atoms with Gasteiger partial charge in [-0.15, -0.1) is 11.3 Å². The number of rotatable bonds is 10. The SMILES string of the molecule is CCCCCC1(CCc2ccsc2CO)CC(O)=C(Sc2cc(C)c(N)cc2C(C)(C)C)C(=O)O1. The fourth-order valence-corrected chi connectivity index (χ4v) is 6.59. The van der Waals surface area contributed by atoms with E-state index in [2.05, 4.69) is 27.7 Å².